The van der Waals surface area contributed by atoms with Crippen LogP contribution < -0.4 is 0 Å². The number of fused-ring (bicyclic) bond motifs is 1. The number of halogens is 1. The van der Waals surface area contributed by atoms with Crippen LogP contribution in [0, 0.1) is 0 Å². The lowest BCUT2D eigenvalue weighted by Crippen LogP contribution is -2.18. The van der Waals surface area contributed by atoms with Crippen LogP contribution in [0.1, 0.15) is 18.1 Å². The van der Waals surface area contributed by atoms with Crippen molar-refractivity contribution in [2.75, 3.05) is 5.88 Å². The van der Waals surface area contributed by atoms with Gasteiger partial charge in [-0.2, -0.15) is 0 Å². The highest BCUT2D eigenvalue weighted by atomic mass is 35.5. The summed E-state index contributed by atoms with van der Waals surface area (Å²) in [4.78, 5) is 4.17. The van der Waals surface area contributed by atoms with Crippen molar-refractivity contribution in [1.82, 2.24) is 4.98 Å². The molecule has 5 heteroatoms. The molecule has 0 saturated heterocycles. The Morgan fingerprint density at radius 3 is 2.94 bits per heavy atom. The molecule has 2 unspecified atom stereocenters. The molecule has 2 atom stereocenters. The van der Waals surface area contributed by atoms with Crippen LogP contribution >= 0.6 is 22.9 Å². The molecule has 2 rings (SSSR count). The minimum Gasteiger partial charge on any atom is -0.390 e. The Bertz CT molecular complexity index is 474. The van der Waals surface area contributed by atoms with Gasteiger partial charge in [0.25, 0.3) is 0 Å². The van der Waals surface area contributed by atoms with Crippen molar-refractivity contribution in [3.63, 3.8) is 0 Å². The van der Waals surface area contributed by atoms with Crippen LogP contribution in [0.2, 0.25) is 0 Å². The first-order valence-electron chi connectivity index (χ1n) is 4.97. The SMILES string of the molecule is OC(CCCl)C(O)c1ccc2scnc2c1. The lowest BCUT2D eigenvalue weighted by Gasteiger charge is -2.16. The molecule has 0 aliphatic carbocycles. The Morgan fingerprint density at radius 1 is 1.38 bits per heavy atom. The predicted octanol–water partition coefficient (Wildman–Crippen LogP) is 2.32. The number of rotatable bonds is 4. The van der Waals surface area contributed by atoms with E-state index in [-0.39, 0.29) is 0 Å². The Morgan fingerprint density at radius 2 is 2.19 bits per heavy atom. The van der Waals surface area contributed by atoms with Gasteiger partial charge in [0.05, 0.1) is 21.8 Å². The second-order valence-corrected chi connectivity index (χ2v) is 4.83. The van der Waals surface area contributed by atoms with Gasteiger partial charge >= 0.3 is 0 Å². The number of aromatic nitrogens is 1. The summed E-state index contributed by atoms with van der Waals surface area (Å²) in [5.74, 6) is 0.331. The molecule has 0 aliphatic rings. The minimum absolute atomic E-state index is 0.331. The van der Waals surface area contributed by atoms with E-state index < -0.39 is 12.2 Å². The van der Waals surface area contributed by atoms with Gasteiger partial charge in [-0.05, 0) is 24.1 Å². The van der Waals surface area contributed by atoms with Crippen molar-refractivity contribution in [1.29, 1.82) is 0 Å². The van der Waals surface area contributed by atoms with E-state index in [2.05, 4.69) is 4.98 Å². The molecule has 0 radical (unpaired) electrons. The number of hydrogen-bond donors (Lipinski definition) is 2. The fourth-order valence-corrected chi connectivity index (χ4v) is 2.43. The van der Waals surface area contributed by atoms with E-state index in [0.717, 1.165) is 10.2 Å². The molecule has 2 aromatic rings. The highest BCUT2D eigenvalue weighted by molar-refractivity contribution is 7.16. The fourth-order valence-electron chi connectivity index (χ4n) is 1.55. The normalized spacial score (nSPS) is 15.2. The molecule has 1 aromatic carbocycles. The summed E-state index contributed by atoms with van der Waals surface area (Å²) < 4.78 is 1.07. The lowest BCUT2D eigenvalue weighted by atomic mass is 10.0. The summed E-state index contributed by atoms with van der Waals surface area (Å²) >= 11 is 7.07. The molecule has 0 bridgehead atoms. The van der Waals surface area contributed by atoms with Crippen molar-refractivity contribution >= 4 is 33.2 Å². The quantitative estimate of drug-likeness (QED) is 0.827. The molecule has 2 N–H and O–H groups in total. The molecule has 0 saturated carbocycles. The summed E-state index contributed by atoms with van der Waals surface area (Å²) in [5.41, 5.74) is 3.28. The fraction of sp³-hybridized carbons (Fsp3) is 0.364. The average Bonchev–Trinajstić information content (AvgIpc) is 2.75. The van der Waals surface area contributed by atoms with Crippen molar-refractivity contribution in [3.8, 4) is 0 Å². The van der Waals surface area contributed by atoms with E-state index in [0.29, 0.717) is 17.9 Å². The molecule has 86 valence electrons. The Hall–Kier alpha value is -0.680. The molecule has 1 aromatic heterocycles. The zero-order chi connectivity index (χ0) is 11.5. The largest absolute Gasteiger partial charge is 0.390 e. The molecule has 0 spiro atoms. The van der Waals surface area contributed by atoms with Crippen LogP contribution in [0.4, 0.5) is 0 Å². The number of alkyl halides is 1. The van der Waals surface area contributed by atoms with Crippen molar-refractivity contribution in [2.45, 2.75) is 18.6 Å². The number of aliphatic hydroxyl groups is 2. The van der Waals surface area contributed by atoms with Crippen LogP contribution in [-0.2, 0) is 0 Å². The Labute approximate surface area is 102 Å². The standard InChI is InChI=1S/C11H12ClNO2S/c12-4-3-9(14)11(15)7-1-2-10-8(5-7)13-6-16-10/h1-2,5-6,9,11,14-15H,3-4H2. The molecule has 0 amide bonds. The Kier molecular flexibility index (Phi) is 3.76. The average molecular weight is 258 g/mol. The molecule has 3 nitrogen and oxygen atoms in total. The molecular weight excluding hydrogens is 246 g/mol. The molecule has 1 heterocycles. The van der Waals surface area contributed by atoms with Crippen molar-refractivity contribution < 1.29 is 10.2 Å². The summed E-state index contributed by atoms with van der Waals surface area (Å²) in [6.07, 6.45) is -1.35. The second-order valence-electron chi connectivity index (χ2n) is 3.57. The maximum absolute atomic E-state index is 9.88. The number of benzene rings is 1. The maximum atomic E-state index is 9.88. The van der Waals surface area contributed by atoms with Gasteiger partial charge in [-0.1, -0.05) is 6.07 Å². The van der Waals surface area contributed by atoms with Crippen LogP contribution in [0.15, 0.2) is 23.7 Å². The van der Waals surface area contributed by atoms with Crippen LogP contribution in [-0.4, -0.2) is 27.2 Å². The van der Waals surface area contributed by atoms with Crippen molar-refractivity contribution in [2.24, 2.45) is 0 Å². The maximum Gasteiger partial charge on any atom is 0.105 e. The van der Waals surface area contributed by atoms with E-state index in [9.17, 15) is 10.2 Å². The van der Waals surface area contributed by atoms with Gasteiger partial charge in [-0.25, -0.2) is 4.98 Å². The van der Waals surface area contributed by atoms with Gasteiger partial charge in [0.2, 0.25) is 0 Å². The lowest BCUT2D eigenvalue weighted by molar-refractivity contribution is 0.0171. The topological polar surface area (TPSA) is 53.4 Å². The number of hydrogen-bond acceptors (Lipinski definition) is 4. The van der Waals surface area contributed by atoms with Gasteiger partial charge in [0, 0.05) is 5.88 Å². The number of nitrogens with zero attached hydrogens (tertiary/aromatic N) is 1. The summed E-state index contributed by atoms with van der Waals surface area (Å²) in [6, 6.07) is 5.51. The molecule has 0 fully saturated rings. The van der Waals surface area contributed by atoms with Gasteiger partial charge in [-0.3, -0.25) is 0 Å². The first kappa shape index (κ1) is 11.8. The highest BCUT2D eigenvalue weighted by Crippen LogP contribution is 2.25. The van der Waals surface area contributed by atoms with E-state index in [1.807, 2.05) is 12.1 Å². The van der Waals surface area contributed by atoms with Gasteiger partial charge in [0.1, 0.15) is 6.10 Å². The monoisotopic (exact) mass is 257 g/mol. The zero-order valence-corrected chi connectivity index (χ0v) is 10.1. The Balaban J connectivity index is 2.24. The van der Waals surface area contributed by atoms with Gasteiger partial charge < -0.3 is 10.2 Å². The summed E-state index contributed by atoms with van der Waals surface area (Å²) in [5, 5.41) is 19.5. The van der Waals surface area contributed by atoms with E-state index in [1.54, 1.807) is 22.9 Å². The molecule has 16 heavy (non-hydrogen) atoms. The van der Waals surface area contributed by atoms with E-state index in [4.69, 9.17) is 11.6 Å². The molecular formula is C11H12ClNO2S. The number of thiazole rings is 1. The minimum atomic E-state index is -0.898. The summed E-state index contributed by atoms with van der Waals surface area (Å²) in [6.45, 7) is 0. The summed E-state index contributed by atoms with van der Waals surface area (Å²) in [7, 11) is 0. The van der Waals surface area contributed by atoms with Gasteiger partial charge in [0.15, 0.2) is 0 Å². The smallest absolute Gasteiger partial charge is 0.105 e. The highest BCUT2D eigenvalue weighted by Gasteiger charge is 2.18. The first-order chi connectivity index (χ1) is 7.72. The van der Waals surface area contributed by atoms with Crippen LogP contribution in [0.25, 0.3) is 10.2 Å². The molecule has 0 aliphatic heterocycles. The predicted molar refractivity (Wildman–Crippen MR) is 65.9 cm³/mol. The third-order valence-electron chi connectivity index (χ3n) is 2.47. The van der Waals surface area contributed by atoms with Gasteiger partial charge in [-0.15, -0.1) is 22.9 Å². The zero-order valence-electron chi connectivity index (χ0n) is 8.51. The van der Waals surface area contributed by atoms with Crippen LogP contribution in [0.5, 0.6) is 0 Å². The number of aliphatic hydroxyl groups excluding tert-OH is 2. The third kappa shape index (κ3) is 2.35. The first-order valence-corrected chi connectivity index (χ1v) is 6.39. The van der Waals surface area contributed by atoms with Crippen molar-refractivity contribution in [3.05, 3.63) is 29.3 Å². The second kappa shape index (κ2) is 5.10. The van der Waals surface area contributed by atoms with E-state index in [1.165, 1.54) is 0 Å². The van der Waals surface area contributed by atoms with E-state index >= 15 is 0 Å². The third-order valence-corrected chi connectivity index (χ3v) is 3.49. The van der Waals surface area contributed by atoms with Crippen LogP contribution in [0.3, 0.4) is 0 Å².